The molecule has 0 aliphatic rings. The van der Waals surface area contributed by atoms with Gasteiger partial charge in [-0.3, -0.25) is 0 Å². The molecule has 0 aliphatic carbocycles. The van der Waals surface area contributed by atoms with Gasteiger partial charge < -0.3 is 14.4 Å². The largest absolute Gasteiger partial charge is 0.461 e. The van der Waals surface area contributed by atoms with Crippen LogP contribution in [0.5, 0.6) is 0 Å². The second kappa shape index (κ2) is 9.65. The molecule has 5 heteroatoms. The van der Waals surface area contributed by atoms with E-state index >= 15 is 0 Å². The lowest BCUT2D eigenvalue weighted by Gasteiger charge is -2.19. The summed E-state index contributed by atoms with van der Waals surface area (Å²) in [5.41, 5.74) is 1.78. The second-order valence-corrected chi connectivity index (χ2v) is 7.48. The van der Waals surface area contributed by atoms with E-state index in [0.29, 0.717) is 25.3 Å². The first-order valence-corrected chi connectivity index (χ1v) is 10.0. The summed E-state index contributed by atoms with van der Waals surface area (Å²) in [6.07, 6.45) is 0.0543. The van der Waals surface area contributed by atoms with Crippen molar-refractivity contribution in [1.29, 1.82) is 0 Å². The van der Waals surface area contributed by atoms with Crippen LogP contribution in [-0.4, -0.2) is 44.2 Å². The van der Waals surface area contributed by atoms with Gasteiger partial charge >= 0.3 is 5.97 Å². The molecule has 0 saturated heterocycles. The second-order valence-electron chi connectivity index (χ2n) is 6.54. The molecule has 0 radical (unpaired) electrons. The summed E-state index contributed by atoms with van der Waals surface area (Å²) in [6, 6.07) is 17.7. The number of rotatable bonds is 9. The predicted octanol–water partition coefficient (Wildman–Crippen LogP) is 4.77. The maximum absolute atomic E-state index is 11.9. The van der Waals surface area contributed by atoms with E-state index in [2.05, 4.69) is 41.5 Å². The van der Waals surface area contributed by atoms with Crippen LogP contribution in [-0.2, 0) is 9.47 Å². The lowest BCUT2D eigenvalue weighted by atomic mass is 10.1. The molecular weight excluding hydrogens is 358 g/mol. The highest BCUT2D eigenvalue weighted by atomic mass is 32.1. The van der Waals surface area contributed by atoms with Crippen molar-refractivity contribution in [3.05, 3.63) is 71.1 Å². The minimum atomic E-state index is -0.280. The first kappa shape index (κ1) is 19.5. The number of carbonyl (C=O) groups is 1. The van der Waals surface area contributed by atoms with Gasteiger partial charge in [-0.2, -0.15) is 0 Å². The van der Waals surface area contributed by atoms with Gasteiger partial charge in [-0.05, 0) is 60.6 Å². The maximum Gasteiger partial charge on any atom is 0.338 e. The average Bonchev–Trinajstić information content (AvgIpc) is 3.16. The molecule has 142 valence electrons. The van der Waals surface area contributed by atoms with Gasteiger partial charge in [0.15, 0.2) is 0 Å². The summed E-state index contributed by atoms with van der Waals surface area (Å²) in [7, 11) is 2.00. The number of carbonyl (C=O) groups excluding carboxylic acids is 1. The smallest absolute Gasteiger partial charge is 0.338 e. The zero-order chi connectivity index (χ0) is 19.1. The molecule has 0 fully saturated rings. The van der Waals surface area contributed by atoms with Gasteiger partial charge in [0.05, 0.1) is 18.3 Å². The number of esters is 1. The Morgan fingerprint density at radius 3 is 2.67 bits per heavy atom. The first-order chi connectivity index (χ1) is 13.1. The van der Waals surface area contributed by atoms with Gasteiger partial charge in [0.2, 0.25) is 0 Å². The van der Waals surface area contributed by atoms with Crippen molar-refractivity contribution in [2.75, 3.05) is 33.4 Å². The Morgan fingerprint density at radius 1 is 1.07 bits per heavy atom. The van der Waals surface area contributed by atoms with Crippen LogP contribution in [0, 0.1) is 0 Å². The summed E-state index contributed by atoms with van der Waals surface area (Å²) < 4.78 is 12.6. The molecule has 1 aromatic heterocycles. The Kier molecular flexibility index (Phi) is 6.98. The summed E-state index contributed by atoms with van der Waals surface area (Å²) in [4.78, 5) is 14.0. The topological polar surface area (TPSA) is 38.8 Å². The number of fused-ring (bicyclic) bond motifs is 1. The Bertz CT molecular complexity index is 862. The zero-order valence-corrected chi connectivity index (χ0v) is 16.6. The van der Waals surface area contributed by atoms with Gasteiger partial charge in [0.1, 0.15) is 6.61 Å². The summed E-state index contributed by atoms with van der Waals surface area (Å²) in [5, 5.41) is 3.38. The average molecular weight is 384 g/mol. The van der Waals surface area contributed by atoms with Crippen LogP contribution in [0.4, 0.5) is 0 Å². The molecule has 0 amide bonds. The summed E-state index contributed by atoms with van der Waals surface area (Å²) in [6.45, 7) is 4.54. The predicted molar refractivity (Wildman–Crippen MR) is 110 cm³/mol. The SMILES string of the molecule is CC(OCCN(C)CCOC(=O)c1ccccc1)c1ccc2sccc2c1. The van der Waals surface area contributed by atoms with Crippen molar-refractivity contribution in [3.8, 4) is 0 Å². The fraction of sp³-hybridized carbons (Fsp3) is 0.318. The minimum Gasteiger partial charge on any atom is -0.461 e. The highest BCUT2D eigenvalue weighted by Gasteiger charge is 2.09. The van der Waals surface area contributed by atoms with Gasteiger partial charge in [0.25, 0.3) is 0 Å². The number of nitrogens with zero attached hydrogens (tertiary/aromatic N) is 1. The summed E-state index contributed by atoms with van der Waals surface area (Å²) in [5.74, 6) is -0.280. The third-order valence-corrected chi connectivity index (χ3v) is 5.40. The van der Waals surface area contributed by atoms with E-state index in [1.165, 1.54) is 15.6 Å². The van der Waals surface area contributed by atoms with Crippen LogP contribution in [0.1, 0.15) is 28.9 Å². The van der Waals surface area contributed by atoms with Gasteiger partial charge in [-0.1, -0.05) is 24.3 Å². The monoisotopic (exact) mass is 383 g/mol. The standard InChI is InChI=1S/C22H25NO3S/c1-17(19-8-9-21-20(16-19)10-15-27-21)25-13-11-23(2)12-14-26-22(24)18-6-4-3-5-7-18/h3-10,15-17H,11-14H2,1-2H3. The van der Waals surface area contributed by atoms with Gasteiger partial charge in [0, 0.05) is 17.8 Å². The number of hydrogen-bond acceptors (Lipinski definition) is 5. The van der Waals surface area contributed by atoms with Gasteiger partial charge in [-0.15, -0.1) is 11.3 Å². The zero-order valence-electron chi connectivity index (χ0n) is 15.8. The molecule has 4 nitrogen and oxygen atoms in total. The number of likely N-dealkylation sites (N-methyl/N-ethyl adjacent to an activating group) is 1. The Balaban J connectivity index is 1.35. The van der Waals surface area contributed by atoms with Crippen molar-refractivity contribution in [3.63, 3.8) is 0 Å². The van der Waals surface area contributed by atoms with Crippen molar-refractivity contribution in [2.24, 2.45) is 0 Å². The molecule has 0 saturated carbocycles. The van der Waals surface area contributed by atoms with E-state index in [1.807, 2.05) is 25.2 Å². The number of hydrogen-bond donors (Lipinski definition) is 0. The van der Waals surface area contributed by atoms with Crippen molar-refractivity contribution >= 4 is 27.4 Å². The van der Waals surface area contributed by atoms with E-state index in [0.717, 1.165) is 6.54 Å². The van der Waals surface area contributed by atoms with Crippen LogP contribution in [0.2, 0.25) is 0 Å². The first-order valence-electron chi connectivity index (χ1n) is 9.13. The Hall–Kier alpha value is -2.21. The van der Waals surface area contributed by atoms with Crippen molar-refractivity contribution in [2.45, 2.75) is 13.0 Å². The molecule has 0 N–H and O–H groups in total. The summed E-state index contributed by atoms with van der Waals surface area (Å²) >= 11 is 1.75. The Labute approximate surface area is 164 Å². The third kappa shape index (κ3) is 5.63. The molecule has 0 spiro atoms. The maximum atomic E-state index is 11.9. The van der Waals surface area contributed by atoms with E-state index in [1.54, 1.807) is 23.5 Å². The quantitative estimate of drug-likeness (QED) is 0.499. The molecule has 0 aliphatic heterocycles. The van der Waals surface area contributed by atoms with Gasteiger partial charge in [-0.25, -0.2) is 4.79 Å². The van der Waals surface area contributed by atoms with Crippen LogP contribution >= 0.6 is 11.3 Å². The number of thiophene rings is 1. The van der Waals surface area contributed by atoms with Crippen LogP contribution < -0.4 is 0 Å². The highest BCUT2D eigenvalue weighted by molar-refractivity contribution is 7.17. The fourth-order valence-corrected chi connectivity index (χ4v) is 3.55. The lowest BCUT2D eigenvalue weighted by molar-refractivity contribution is 0.0379. The molecule has 0 bridgehead atoms. The van der Waals surface area contributed by atoms with Crippen LogP contribution in [0.25, 0.3) is 10.1 Å². The van der Waals surface area contributed by atoms with Crippen LogP contribution in [0.15, 0.2) is 60.0 Å². The highest BCUT2D eigenvalue weighted by Crippen LogP contribution is 2.25. The molecule has 3 aromatic rings. The minimum absolute atomic E-state index is 0.0543. The normalized spacial score (nSPS) is 12.4. The number of ether oxygens (including phenoxy) is 2. The van der Waals surface area contributed by atoms with E-state index in [-0.39, 0.29) is 12.1 Å². The Morgan fingerprint density at radius 2 is 1.85 bits per heavy atom. The fourth-order valence-electron chi connectivity index (χ4n) is 2.78. The molecule has 27 heavy (non-hydrogen) atoms. The molecule has 1 unspecified atom stereocenters. The van der Waals surface area contributed by atoms with Crippen molar-refractivity contribution < 1.29 is 14.3 Å². The third-order valence-electron chi connectivity index (χ3n) is 4.50. The van der Waals surface area contributed by atoms with E-state index < -0.39 is 0 Å². The molecular formula is C22H25NO3S. The molecule has 1 atom stereocenters. The number of benzene rings is 2. The van der Waals surface area contributed by atoms with E-state index in [4.69, 9.17) is 9.47 Å². The molecule has 2 aromatic carbocycles. The molecule has 3 rings (SSSR count). The molecule has 1 heterocycles. The van der Waals surface area contributed by atoms with Crippen LogP contribution in [0.3, 0.4) is 0 Å². The van der Waals surface area contributed by atoms with E-state index in [9.17, 15) is 4.79 Å². The lowest BCUT2D eigenvalue weighted by Crippen LogP contribution is -2.28. The van der Waals surface area contributed by atoms with Crippen molar-refractivity contribution in [1.82, 2.24) is 4.90 Å².